The molecule has 0 radical (unpaired) electrons. The van der Waals surface area contributed by atoms with Gasteiger partial charge in [-0.15, -0.1) is 0 Å². The van der Waals surface area contributed by atoms with Crippen LogP contribution in [-0.2, 0) is 19.1 Å². The molecule has 25 heavy (non-hydrogen) atoms. The van der Waals surface area contributed by atoms with E-state index >= 15 is 0 Å². The second kappa shape index (κ2) is 10.6. The number of rotatable bonds is 9. The van der Waals surface area contributed by atoms with Crippen LogP contribution in [0.3, 0.4) is 0 Å². The molecule has 8 heteroatoms. The van der Waals surface area contributed by atoms with E-state index < -0.39 is 17.8 Å². The molecule has 0 heterocycles. The van der Waals surface area contributed by atoms with Crippen molar-refractivity contribution in [1.82, 2.24) is 4.90 Å². The fourth-order valence-corrected chi connectivity index (χ4v) is 2.09. The topological polar surface area (TPSA) is 84.9 Å². The summed E-state index contributed by atoms with van der Waals surface area (Å²) in [6, 6.07) is 4.82. The molecule has 0 saturated carbocycles. The first-order valence-electron chi connectivity index (χ1n) is 7.90. The van der Waals surface area contributed by atoms with E-state index in [1.165, 1.54) is 19.1 Å². The summed E-state index contributed by atoms with van der Waals surface area (Å²) >= 11 is 5.90. The second-order valence-corrected chi connectivity index (χ2v) is 5.84. The number of hydrogen-bond acceptors (Lipinski definition) is 5. The summed E-state index contributed by atoms with van der Waals surface area (Å²) in [6.45, 7) is 1.38. The van der Waals surface area contributed by atoms with Crippen LogP contribution in [0.25, 0.3) is 0 Å². The molecule has 0 bridgehead atoms. The van der Waals surface area contributed by atoms with E-state index in [-0.39, 0.29) is 19.6 Å². The molecule has 1 N–H and O–H groups in total. The lowest BCUT2D eigenvalue weighted by molar-refractivity contribution is -0.151. The maximum atomic E-state index is 12.1. The highest BCUT2D eigenvalue weighted by Crippen LogP contribution is 2.27. The van der Waals surface area contributed by atoms with Gasteiger partial charge in [0.2, 0.25) is 5.91 Å². The number of esters is 1. The highest BCUT2D eigenvalue weighted by Gasteiger charge is 2.16. The quantitative estimate of drug-likeness (QED) is 0.675. The van der Waals surface area contributed by atoms with Crippen LogP contribution >= 0.6 is 11.6 Å². The fraction of sp³-hybridized carbons (Fsp3) is 0.471. The zero-order valence-electron chi connectivity index (χ0n) is 14.6. The monoisotopic (exact) mass is 370 g/mol. The SMILES string of the molecule is CCCCC(=O)OCC(=O)N(C)CC(=O)Nc1cc(Cl)ccc1OC. The lowest BCUT2D eigenvalue weighted by Crippen LogP contribution is -2.37. The molecule has 0 atom stereocenters. The summed E-state index contributed by atoms with van der Waals surface area (Å²) in [5.74, 6) is -0.847. The molecule has 0 saturated heterocycles. The molecule has 1 rings (SSSR count). The molecule has 1 aromatic carbocycles. The first-order valence-corrected chi connectivity index (χ1v) is 8.28. The second-order valence-electron chi connectivity index (χ2n) is 5.41. The number of methoxy groups -OCH3 is 1. The molecule has 138 valence electrons. The van der Waals surface area contributed by atoms with Crippen molar-refractivity contribution < 1.29 is 23.9 Å². The summed E-state index contributed by atoms with van der Waals surface area (Å²) in [5.41, 5.74) is 0.409. The molecule has 0 aromatic heterocycles. The Labute approximate surface area is 152 Å². The van der Waals surface area contributed by atoms with Crippen LogP contribution in [0, 0.1) is 0 Å². The Morgan fingerprint density at radius 2 is 2.00 bits per heavy atom. The Kier molecular flexibility index (Phi) is 8.77. The Bertz CT molecular complexity index is 621. The van der Waals surface area contributed by atoms with Crippen molar-refractivity contribution in [1.29, 1.82) is 0 Å². The number of halogens is 1. The van der Waals surface area contributed by atoms with Crippen LogP contribution in [-0.4, -0.2) is 50.0 Å². The third-order valence-corrected chi connectivity index (χ3v) is 3.57. The Morgan fingerprint density at radius 3 is 2.64 bits per heavy atom. The van der Waals surface area contributed by atoms with Crippen molar-refractivity contribution >= 4 is 35.1 Å². The molecule has 1 aromatic rings. The Hall–Kier alpha value is -2.28. The third-order valence-electron chi connectivity index (χ3n) is 3.33. The highest BCUT2D eigenvalue weighted by atomic mass is 35.5. The number of amides is 2. The molecule has 0 spiro atoms. The minimum atomic E-state index is -0.460. The fourth-order valence-electron chi connectivity index (χ4n) is 1.92. The van der Waals surface area contributed by atoms with Gasteiger partial charge in [0, 0.05) is 18.5 Å². The molecule has 7 nitrogen and oxygen atoms in total. The van der Waals surface area contributed by atoms with Crippen LogP contribution in [0.2, 0.25) is 5.02 Å². The van der Waals surface area contributed by atoms with Crippen LogP contribution in [0.5, 0.6) is 5.75 Å². The van der Waals surface area contributed by atoms with Crippen molar-refractivity contribution in [3.63, 3.8) is 0 Å². The lowest BCUT2D eigenvalue weighted by atomic mass is 10.2. The third kappa shape index (κ3) is 7.43. The first-order chi connectivity index (χ1) is 11.9. The predicted octanol–water partition coefficient (Wildman–Crippen LogP) is 2.48. The van der Waals surface area contributed by atoms with E-state index in [1.54, 1.807) is 18.2 Å². The Balaban J connectivity index is 2.49. The molecular formula is C17H23ClN2O5. The van der Waals surface area contributed by atoms with Crippen molar-refractivity contribution in [2.24, 2.45) is 0 Å². The number of likely N-dealkylation sites (N-methyl/N-ethyl adjacent to an activating group) is 1. The summed E-state index contributed by atoms with van der Waals surface area (Å²) < 4.78 is 10.0. The largest absolute Gasteiger partial charge is 0.495 e. The minimum absolute atomic E-state index is 0.193. The standard InChI is InChI=1S/C17H23ClN2O5/c1-4-5-6-17(23)25-11-16(22)20(2)10-15(21)19-13-9-12(18)7-8-14(13)24-3/h7-9H,4-6,10-11H2,1-3H3,(H,19,21). The average Bonchev–Trinajstić information content (AvgIpc) is 2.57. The van der Waals surface area contributed by atoms with E-state index in [2.05, 4.69) is 5.32 Å². The van der Waals surface area contributed by atoms with Gasteiger partial charge in [-0.05, 0) is 24.6 Å². The van der Waals surface area contributed by atoms with Crippen LogP contribution in [0.4, 0.5) is 5.69 Å². The molecule has 0 aliphatic heterocycles. The van der Waals surface area contributed by atoms with E-state index in [9.17, 15) is 14.4 Å². The van der Waals surface area contributed by atoms with Crippen molar-refractivity contribution in [2.45, 2.75) is 26.2 Å². The maximum Gasteiger partial charge on any atom is 0.306 e. The number of ether oxygens (including phenoxy) is 2. The van der Waals surface area contributed by atoms with Crippen molar-refractivity contribution in [3.8, 4) is 5.75 Å². The molecule has 0 aliphatic carbocycles. The smallest absolute Gasteiger partial charge is 0.306 e. The first kappa shape index (κ1) is 20.8. The van der Waals surface area contributed by atoms with Crippen LogP contribution in [0.1, 0.15) is 26.2 Å². The van der Waals surface area contributed by atoms with Crippen molar-refractivity contribution in [2.75, 3.05) is 32.6 Å². The maximum absolute atomic E-state index is 12.1. The van der Waals surface area contributed by atoms with E-state index in [1.807, 2.05) is 6.92 Å². The molecule has 0 aliphatic rings. The summed E-state index contributed by atoms with van der Waals surface area (Å²) in [4.78, 5) is 36.6. The van der Waals surface area contributed by atoms with Crippen LogP contribution in [0.15, 0.2) is 18.2 Å². The zero-order valence-corrected chi connectivity index (χ0v) is 15.4. The van der Waals surface area contributed by atoms with Crippen molar-refractivity contribution in [3.05, 3.63) is 23.2 Å². The van der Waals surface area contributed by atoms with Gasteiger partial charge in [0.25, 0.3) is 5.91 Å². The predicted molar refractivity (Wildman–Crippen MR) is 94.8 cm³/mol. The highest BCUT2D eigenvalue weighted by molar-refractivity contribution is 6.31. The molecule has 0 fully saturated rings. The summed E-state index contributed by atoms with van der Waals surface area (Å²) in [6.07, 6.45) is 1.87. The lowest BCUT2D eigenvalue weighted by Gasteiger charge is -2.17. The van der Waals surface area contributed by atoms with Gasteiger partial charge in [-0.1, -0.05) is 24.9 Å². The van der Waals surface area contributed by atoms with Gasteiger partial charge in [-0.25, -0.2) is 0 Å². The Morgan fingerprint density at radius 1 is 1.28 bits per heavy atom. The van der Waals surface area contributed by atoms with Crippen LogP contribution < -0.4 is 10.1 Å². The normalized spacial score (nSPS) is 10.1. The van der Waals surface area contributed by atoms with Gasteiger partial charge in [-0.3, -0.25) is 14.4 Å². The summed E-state index contributed by atoms with van der Waals surface area (Å²) in [5, 5.41) is 3.07. The number of nitrogens with one attached hydrogen (secondary N) is 1. The number of carbonyl (C=O) groups is 3. The average molecular weight is 371 g/mol. The number of anilines is 1. The number of hydrogen-bond donors (Lipinski definition) is 1. The van der Waals surface area contributed by atoms with Gasteiger partial charge in [0.1, 0.15) is 5.75 Å². The van der Waals surface area contributed by atoms with Gasteiger partial charge in [0.05, 0.1) is 19.3 Å². The minimum Gasteiger partial charge on any atom is -0.495 e. The molecule has 2 amide bonds. The number of carbonyl (C=O) groups excluding carboxylic acids is 3. The van der Waals surface area contributed by atoms with E-state index in [0.717, 1.165) is 6.42 Å². The number of unbranched alkanes of at least 4 members (excludes halogenated alkanes) is 1. The number of nitrogens with zero attached hydrogens (tertiary/aromatic N) is 1. The van der Waals surface area contributed by atoms with Gasteiger partial charge in [0.15, 0.2) is 6.61 Å². The number of benzene rings is 1. The molecular weight excluding hydrogens is 348 g/mol. The zero-order chi connectivity index (χ0) is 18.8. The van der Waals surface area contributed by atoms with E-state index in [0.29, 0.717) is 22.9 Å². The van der Waals surface area contributed by atoms with E-state index in [4.69, 9.17) is 21.1 Å². The van der Waals surface area contributed by atoms with Gasteiger partial charge >= 0.3 is 5.97 Å². The molecule has 0 unspecified atom stereocenters. The van der Waals surface area contributed by atoms with Gasteiger partial charge in [-0.2, -0.15) is 0 Å². The summed E-state index contributed by atoms with van der Waals surface area (Å²) in [7, 11) is 2.93. The van der Waals surface area contributed by atoms with Gasteiger partial charge < -0.3 is 19.7 Å².